The van der Waals surface area contributed by atoms with E-state index in [1.165, 1.54) is 11.8 Å². The molecule has 0 rings (SSSR count). The molecule has 9 heavy (non-hydrogen) atoms. The van der Waals surface area contributed by atoms with Crippen molar-refractivity contribution in [1.29, 1.82) is 0 Å². The third kappa shape index (κ3) is 6.19. The van der Waals surface area contributed by atoms with E-state index < -0.39 is 0 Å². The van der Waals surface area contributed by atoms with Crippen molar-refractivity contribution in [2.45, 2.75) is 19.8 Å². The molecule has 0 aromatic rings. The van der Waals surface area contributed by atoms with Gasteiger partial charge in [0.25, 0.3) is 0 Å². The zero-order chi connectivity index (χ0) is 7.11. The van der Waals surface area contributed by atoms with Crippen LogP contribution in [0.2, 0.25) is 0 Å². The van der Waals surface area contributed by atoms with Crippen molar-refractivity contribution < 1.29 is 4.79 Å². The Bertz CT molecular complexity index is 85.1. The van der Waals surface area contributed by atoms with Gasteiger partial charge in [-0.2, -0.15) is 0 Å². The number of carbonyl (C=O) groups excluding carboxylic acids is 1. The largest absolute Gasteiger partial charge is 0.287 e. The van der Waals surface area contributed by atoms with Crippen LogP contribution in [0.3, 0.4) is 0 Å². The van der Waals surface area contributed by atoms with Gasteiger partial charge in [-0.05, 0) is 12.2 Å². The van der Waals surface area contributed by atoms with Crippen LogP contribution in [0.15, 0.2) is 0 Å². The van der Waals surface area contributed by atoms with E-state index in [-0.39, 0.29) is 5.12 Å². The number of rotatable bonds is 4. The number of hydrogen-bond donors (Lipinski definition) is 0. The molecule has 0 saturated heterocycles. The molecule has 0 aliphatic rings. The maximum atomic E-state index is 10.7. The summed E-state index contributed by atoms with van der Waals surface area (Å²) in [7, 11) is 0. The summed E-state index contributed by atoms with van der Waals surface area (Å²) < 4.78 is 0. The van der Waals surface area contributed by atoms with Crippen molar-refractivity contribution in [3.05, 3.63) is 0 Å². The van der Waals surface area contributed by atoms with E-state index in [0.29, 0.717) is 12.3 Å². The Kier molecular flexibility index (Phi) is 6.65. The van der Waals surface area contributed by atoms with Crippen LogP contribution < -0.4 is 0 Å². The Labute approximate surface area is 65.2 Å². The summed E-state index contributed by atoms with van der Waals surface area (Å²) in [5.41, 5.74) is 0. The number of thioether (sulfide) groups is 1. The third-order valence-corrected chi connectivity index (χ3v) is 1.90. The molecule has 54 valence electrons. The second kappa shape index (κ2) is 6.43. The first kappa shape index (κ1) is 9.31. The molecular formula is C6H11ClOS. The number of alkyl halides is 1. The molecule has 0 aromatic heterocycles. The maximum Gasteiger partial charge on any atom is 0.188 e. The molecule has 0 aliphatic carbocycles. The Morgan fingerprint density at radius 2 is 2.33 bits per heavy atom. The van der Waals surface area contributed by atoms with Crippen molar-refractivity contribution >= 4 is 28.5 Å². The first-order chi connectivity index (χ1) is 4.31. The molecule has 3 heteroatoms. The van der Waals surface area contributed by atoms with Crippen LogP contribution in [-0.2, 0) is 4.79 Å². The summed E-state index contributed by atoms with van der Waals surface area (Å²) in [5.74, 6) is 1.47. The minimum Gasteiger partial charge on any atom is -0.287 e. The van der Waals surface area contributed by atoms with Gasteiger partial charge in [0.1, 0.15) is 0 Å². The first-order valence-corrected chi connectivity index (χ1v) is 4.54. The van der Waals surface area contributed by atoms with Crippen molar-refractivity contribution in [2.24, 2.45) is 0 Å². The zero-order valence-corrected chi connectivity index (χ0v) is 7.10. The Balaban J connectivity index is 3.06. The monoisotopic (exact) mass is 166 g/mol. The highest BCUT2D eigenvalue weighted by molar-refractivity contribution is 8.13. The number of halogens is 1. The topological polar surface area (TPSA) is 17.1 Å². The summed E-state index contributed by atoms with van der Waals surface area (Å²) in [4.78, 5) is 10.7. The van der Waals surface area contributed by atoms with Crippen LogP contribution in [0.1, 0.15) is 19.8 Å². The smallest absolute Gasteiger partial charge is 0.188 e. The average molecular weight is 167 g/mol. The molecular weight excluding hydrogens is 156 g/mol. The predicted octanol–water partition coefficient (Wildman–Crippen LogP) is 2.29. The summed E-state index contributed by atoms with van der Waals surface area (Å²) in [6, 6.07) is 0. The number of hydrogen-bond acceptors (Lipinski definition) is 2. The van der Waals surface area contributed by atoms with E-state index in [1.807, 2.05) is 6.92 Å². The highest BCUT2D eigenvalue weighted by atomic mass is 35.5. The molecule has 0 amide bonds. The summed E-state index contributed by atoms with van der Waals surface area (Å²) in [5, 5.41) is 0.262. The molecule has 1 nitrogen and oxygen atoms in total. The third-order valence-electron chi connectivity index (χ3n) is 0.820. The van der Waals surface area contributed by atoms with Crippen LogP contribution in [-0.4, -0.2) is 16.7 Å². The molecule has 0 saturated carbocycles. The van der Waals surface area contributed by atoms with Gasteiger partial charge in [-0.1, -0.05) is 18.7 Å². The van der Waals surface area contributed by atoms with Crippen molar-refractivity contribution in [3.63, 3.8) is 0 Å². The Hall–Kier alpha value is 0.310. The highest BCUT2D eigenvalue weighted by Gasteiger charge is 1.97. The quantitative estimate of drug-likeness (QED) is 0.597. The van der Waals surface area contributed by atoms with E-state index in [1.54, 1.807) is 0 Å². The average Bonchev–Trinajstić information content (AvgIpc) is 1.85. The Morgan fingerprint density at radius 3 is 2.78 bits per heavy atom. The van der Waals surface area contributed by atoms with Crippen LogP contribution in [0.4, 0.5) is 0 Å². The lowest BCUT2D eigenvalue weighted by molar-refractivity contribution is -0.110. The zero-order valence-electron chi connectivity index (χ0n) is 5.52. The van der Waals surface area contributed by atoms with Gasteiger partial charge < -0.3 is 0 Å². The van der Waals surface area contributed by atoms with Crippen LogP contribution in [0.25, 0.3) is 0 Å². The van der Waals surface area contributed by atoms with Crippen molar-refractivity contribution in [1.82, 2.24) is 0 Å². The molecule has 0 N–H and O–H groups in total. The van der Waals surface area contributed by atoms with Crippen LogP contribution in [0.5, 0.6) is 0 Å². The number of carbonyl (C=O) groups is 1. The van der Waals surface area contributed by atoms with Crippen LogP contribution in [0, 0.1) is 0 Å². The van der Waals surface area contributed by atoms with E-state index in [2.05, 4.69) is 0 Å². The van der Waals surface area contributed by atoms with Crippen LogP contribution >= 0.6 is 23.4 Å². The fourth-order valence-corrected chi connectivity index (χ4v) is 1.19. The molecule has 0 aromatic carbocycles. The normalized spacial score (nSPS) is 9.56. The van der Waals surface area contributed by atoms with Crippen molar-refractivity contribution in [2.75, 3.05) is 11.6 Å². The highest BCUT2D eigenvalue weighted by Crippen LogP contribution is 2.06. The second-order valence-electron chi connectivity index (χ2n) is 1.60. The van der Waals surface area contributed by atoms with Gasteiger partial charge in [0.15, 0.2) is 5.12 Å². The molecule has 0 unspecified atom stereocenters. The first-order valence-electron chi connectivity index (χ1n) is 3.02. The van der Waals surface area contributed by atoms with E-state index in [4.69, 9.17) is 11.6 Å². The minimum absolute atomic E-state index is 0.262. The predicted molar refractivity (Wildman–Crippen MR) is 43.1 cm³/mol. The van der Waals surface area contributed by atoms with Gasteiger partial charge >= 0.3 is 0 Å². The van der Waals surface area contributed by atoms with Gasteiger partial charge in [-0.15, -0.1) is 11.6 Å². The molecule has 0 atom stereocenters. The van der Waals surface area contributed by atoms with E-state index in [9.17, 15) is 4.79 Å². The summed E-state index contributed by atoms with van der Waals surface area (Å²) in [6.45, 7) is 1.98. The Morgan fingerprint density at radius 1 is 1.67 bits per heavy atom. The van der Waals surface area contributed by atoms with Gasteiger partial charge in [-0.25, -0.2) is 0 Å². The molecule has 0 heterocycles. The summed E-state index contributed by atoms with van der Waals surface area (Å²) in [6.07, 6.45) is 1.44. The van der Waals surface area contributed by atoms with E-state index >= 15 is 0 Å². The standard InChI is InChI=1S/C6H11ClOS/c1-2-9-6(8)4-3-5-7/h2-5H2,1H3. The summed E-state index contributed by atoms with van der Waals surface area (Å²) >= 11 is 6.76. The lowest BCUT2D eigenvalue weighted by Crippen LogP contribution is -1.91. The lowest BCUT2D eigenvalue weighted by atomic mass is 10.4. The van der Waals surface area contributed by atoms with Crippen molar-refractivity contribution in [3.8, 4) is 0 Å². The molecule has 0 radical (unpaired) electrons. The van der Waals surface area contributed by atoms with E-state index in [0.717, 1.165) is 12.2 Å². The molecule has 0 aliphatic heterocycles. The SMILES string of the molecule is CCSC(=O)CCCCl. The fraction of sp³-hybridized carbons (Fsp3) is 0.833. The van der Waals surface area contributed by atoms with Gasteiger partial charge in [-0.3, -0.25) is 4.79 Å². The maximum absolute atomic E-state index is 10.7. The molecule has 0 bridgehead atoms. The molecule has 0 fully saturated rings. The fourth-order valence-electron chi connectivity index (χ4n) is 0.444. The van der Waals surface area contributed by atoms with Gasteiger partial charge in [0, 0.05) is 12.3 Å². The van der Waals surface area contributed by atoms with Gasteiger partial charge in [0.05, 0.1) is 0 Å². The minimum atomic E-state index is 0.262. The lowest BCUT2D eigenvalue weighted by Gasteiger charge is -1.92. The second-order valence-corrected chi connectivity index (χ2v) is 3.30. The van der Waals surface area contributed by atoms with Gasteiger partial charge in [0.2, 0.25) is 0 Å². The molecule has 0 spiro atoms.